The molecule has 0 aliphatic heterocycles. The van der Waals surface area contributed by atoms with Crippen molar-refractivity contribution >= 4 is 23.2 Å². The van der Waals surface area contributed by atoms with E-state index < -0.39 is 0 Å². The molecule has 0 bridgehead atoms. The third-order valence-corrected chi connectivity index (χ3v) is 3.54. The first-order chi connectivity index (χ1) is 10.1. The highest BCUT2D eigenvalue weighted by Gasteiger charge is 2.12. The summed E-state index contributed by atoms with van der Waals surface area (Å²) < 4.78 is 0. The van der Waals surface area contributed by atoms with E-state index in [1.165, 1.54) is 0 Å². The van der Waals surface area contributed by atoms with Crippen molar-refractivity contribution in [2.45, 2.75) is 13.0 Å². The van der Waals surface area contributed by atoms with Gasteiger partial charge in [-0.2, -0.15) is 0 Å². The Morgan fingerprint density at radius 1 is 1.19 bits per heavy atom. The Labute approximate surface area is 130 Å². The SMILES string of the molecule is C[C@@H](NC(=O)CN(C)c1ccccc1)c1cccc(Cl)c1. The predicted octanol–water partition coefficient (Wildman–Crippen LogP) is 3.65. The van der Waals surface area contributed by atoms with Crippen molar-refractivity contribution in [1.29, 1.82) is 0 Å². The first-order valence-corrected chi connectivity index (χ1v) is 7.25. The molecule has 1 amide bonds. The van der Waals surface area contributed by atoms with Gasteiger partial charge in [0.1, 0.15) is 0 Å². The van der Waals surface area contributed by atoms with Gasteiger partial charge < -0.3 is 10.2 Å². The highest BCUT2D eigenvalue weighted by molar-refractivity contribution is 6.30. The lowest BCUT2D eigenvalue weighted by Crippen LogP contribution is -2.36. The summed E-state index contributed by atoms with van der Waals surface area (Å²) in [4.78, 5) is 14.0. The van der Waals surface area contributed by atoms with Crippen LogP contribution in [-0.4, -0.2) is 19.5 Å². The smallest absolute Gasteiger partial charge is 0.239 e. The zero-order chi connectivity index (χ0) is 15.2. The molecule has 0 aliphatic rings. The fraction of sp³-hybridized carbons (Fsp3) is 0.235. The Bertz CT molecular complexity index is 601. The molecule has 0 unspecified atom stereocenters. The second kappa shape index (κ2) is 7.14. The van der Waals surface area contributed by atoms with Crippen molar-refractivity contribution < 1.29 is 4.79 Å². The summed E-state index contributed by atoms with van der Waals surface area (Å²) >= 11 is 5.97. The van der Waals surface area contributed by atoms with Crippen LogP contribution in [0.25, 0.3) is 0 Å². The van der Waals surface area contributed by atoms with Crippen LogP contribution in [0.3, 0.4) is 0 Å². The Morgan fingerprint density at radius 3 is 2.57 bits per heavy atom. The summed E-state index contributed by atoms with van der Waals surface area (Å²) in [6.07, 6.45) is 0. The number of likely N-dealkylation sites (N-methyl/N-ethyl adjacent to an activating group) is 1. The summed E-state index contributed by atoms with van der Waals surface area (Å²) in [7, 11) is 1.90. The second-order valence-electron chi connectivity index (χ2n) is 5.04. The molecule has 110 valence electrons. The second-order valence-corrected chi connectivity index (χ2v) is 5.47. The number of nitrogens with one attached hydrogen (secondary N) is 1. The van der Waals surface area contributed by atoms with Gasteiger partial charge in [-0.15, -0.1) is 0 Å². The molecule has 21 heavy (non-hydrogen) atoms. The zero-order valence-electron chi connectivity index (χ0n) is 12.2. The minimum atomic E-state index is -0.0691. The number of carbonyl (C=O) groups is 1. The molecule has 0 aliphatic carbocycles. The number of nitrogens with zero attached hydrogens (tertiary/aromatic N) is 1. The molecule has 0 heterocycles. The first kappa shape index (κ1) is 15.4. The monoisotopic (exact) mass is 302 g/mol. The minimum Gasteiger partial charge on any atom is -0.365 e. The van der Waals surface area contributed by atoms with Gasteiger partial charge in [-0.25, -0.2) is 0 Å². The molecule has 0 spiro atoms. The van der Waals surface area contributed by atoms with Crippen LogP contribution in [0, 0.1) is 0 Å². The summed E-state index contributed by atoms with van der Waals surface area (Å²) in [5, 5.41) is 3.66. The largest absolute Gasteiger partial charge is 0.365 e. The number of rotatable bonds is 5. The van der Waals surface area contributed by atoms with Gasteiger partial charge in [0.15, 0.2) is 0 Å². The average Bonchev–Trinajstić information content (AvgIpc) is 2.48. The molecule has 2 aromatic rings. The zero-order valence-corrected chi connectivity index (χ0v) is 13.0. The maximum atomic E-state index is 12.1. The maximum absolute atomic E-state index is 12.1. The van der Waals surface area contributed by atoms with Crippen LogP contribution in [0.4, 0.5) is 5.69 Å². The van der Waals surface area contributed by atoms with Crippen molar-refractivity contribution in [3.05, 3.63) is 65.2 Å². The van der Waals surface area contributed by atoms with E-state index in [0.29, 0.717) is 11.6 Å². The number of amides is 1. The third kappa shape index (κ3) is 4.50. The molecule has 1 N–H and O–H groups in total. The number of hydrogen-bond donors (Lipinski definition) is 1. The fourth-order valence-corrected chi connectivity index (χ4v) is 2.33. The standard InChI is InChI=1S/C17H19ClN2O/c1-13(14-7-6-8-15(18)11-14)19-17(21)12-20(2)16-9-4-3-5-10-16/h3-11,13H,12H2,1-2H3,(H,19,21)/t13-/m1/s1. The molecule has 3 nitrogen and oxygen atoms in total. The molecule has 1 atom stereocenters. The summed E-state index contributed by atoms with van der Waals surface area (Å²) in [6.45, 7) is 2.26. The van der Waals surface area contributed by atoms with E-state index in [2.05, 4.69) is 5.32 Å². The van der Waals surface area contributed by atoms with E-state index in [9.17, 15) is 4.79 Å². The van der Waals surface area contributed by atoms with Crippen molar-refractivity contribution in [3.8, 4) is 0 Å². The van der Waals surface area contributed by atoms with E-state index >= 15 is 0 Å². The van der Waals surface area contributed by atoms with Crippen LogP contribution in [0.5, 0.6) is 0 Å². The quantitative estimate of drug-likeness (QED) is 0.914. The van der Waals surface area contributed by atoms with Crippen LogP contribution >= 0.6 is 11.6 Å². The van der Waals surface area contributed by atoms with Gasteiger partial charge in [0.2, 0.25) is 5.91 Å². The van der Waals surface area contributed by atoms with Crippen LogP contribution in [0.1, 0.15) is 18.5 Å². The lowest BCUT2D eigenvalue weighted by Gasteiger charge is -2.21. The van der Waals surface area contributed by atoms with Gasteiger partial charge in [0, 0.05) is 17.8 Å². The van der Waals surface area contributed by atoms with E-state index in [0.717, 1.165) is 11.3 Å². The van der Waals surface area contributed by atoms with Crippen LogP contribution in [-0.2, 0) is 4.79 Å². The van der Waals surface area contributed by atoms with Crippen molar-refractivity contribution in [3.63, 3.8) is 0 Å². The molecule has 2 rings (SSSR count). The maximum Gasteiger partial charge on any atom is 0.239 e. The normalized spacial score (nSPS) is 11.8. The molecule has 0 saturated heterocycles. The third-order valence-electron chi connectivity index (χ3n) is 3.30. The van der Waals surface area contributed by atoms with Crippen molar-refractivity contribution in [2.24, 2.45) is 0 Å². The Balaban J connectivity index is 1.92. The lowest BCUT2D eigenvalue weighted by atomic mass is 10.1. The van der Waals surface area contributed by atoms with Gasteiger partial charge in [-0.1, -0.05) is 41.9 Å². The van der Waals surface area contributed by atoms with Crippen LogP contribution < -0.4 is 10.2 Å². The van der Waals surface area contributed by atoms with Gasteiger partial charge in [0.05, 0.1) is 12.6 Å². The molecule has 0 aromatic heterocycles. The summed E-state index contributed by atoms with van der Waals surface area (Å²) in [6, 6.07) is 17.3. The average molecular weight is 303 g/mol. The number of anilines is 1. The molecule has 0 fully saturated rings. The number of halogens is 1. The Hall–Kier alpha value is -2.00. The van der Waals surface area contributed by atoms with E-state index in [1.54, 1.807) is 0 Å². The van der Waals surface area contributed by atoms with E-state index in [1.807, 2.05) is 73.5 Å². The molecular formula is C17H19ClN2O. The van der Waals surface area contributed by atoms with Gasteiger partial charge >= 0.3 is 0 Å². The minimum absolute atomic E-state index is 0.0196. The van der Waals surface area contributed by atoms with Gasteiger partial charge in [-0.3, -0.25) is 4.79 Å². The summed E-state index contributed by atoms with van der Waals surface area (Å²) in [5.41, 5.74) is 2.02. The van der Waals surface area contributed by atoms with Crippen LogP contribution in [0.2, 0.25) is 5.02 Å². The van der Waals surface area contributed by atoms with Gasteiger partial charge in [-0.05, 0) is 36.8 Å². The number of para-hydroxylation sites is 1. The highest BCUT2D eigenvalue weighted by atomic mass is 35.5. The van der Waals surface area contributed by atoms with E-state index in [4.69, 9.17) is 11.6 Å². The van der Waals surface area contributed by atoms with E-state index in [-0.39, 0.29) is 11.9 Å². The Morgan fingerprint density at radius 2 is 1.90 bits per heavy atom. The number of hydrogen-bond acceptors (Lipinski definition) is 2. The molecule has 4 heteroatoms. The van der Waals surface area contributed by atoms with Crippen molar-refractivity contribution in [2.75, 3.05) is 18.5 Å². The summed E-state index contributed by atoms with van der Waals surface area (Å²) in [5.74, 6) is -0.0196. The number of benzene rings is 2. The van der Waals surface area contributed by atoms with Crippen molar-refractivity contribution in [1.82, 2.24) is 5.32 Å². The van der Waals surface area contributed by atoms with Crippen LogP contribution in [0.15, 0.2) is 54.6 Å². The first-order valence-electron chi connectivity index (χ1n) is 6.87. The number of carbonyl (C=O) groups excluding carboxylic acids is 1. The predicted molar refractivity (Wildman–Crippen MR) is 87.7 cm³/mol. The fourth-order valence-electron chi connectivity index (χ4n) is 2.14. The molecule has 0 radical (unpaired) electrons. The Kier molecular flexibility index (Phi) is 5.23. The molecular weight excluding hydrogens is 284 g/mol. The highest BCUT2D eigenvalue weighted by Crippen LogP contribution is 2.17. The molecule has 0 saturated carbocycles. The van der Waals surface area contributed by atoms with Gasteiger partial charge in [0.25, 0.3) is 0 Å². The lowest BCUT2D eigenvalue weighted by molar-refractivity contribution is -0.120. The topological polar surface area (TPSA) is 32.3 Å². The molecule has 2 aromatic carbocycles.